The minimum Gasteiger partial charge on any atom is -0.309 e. The third-order valence-electron chi connectivity index (χ3n) is 4.41. The van der Waals surface area contributed by atoms with Crippen molar-refractivity contribution in [3.8, 4) is 0 Å². The minimum atomic E-state index is 0.0875. The molecule has 20 heavy (non-hydrogen) atoms. The van der Waals surface area contributed by atoms with Crippen LogP contribution in [0.3, 0.4) is 0 Å². The summed E-state index contributed by atoms with van der Waals surface area (Å²) in [6.45, 7) is 14.3. The summed E-state index contributed by atoms with van der Waals surface area (Å²) in [7, 11) is 0. The molecule has 0 fully saturated rings. The van der Waals surface area contributed by atoms with Crippen LogP contribution < -0.4 is 5.32 Å². The Bertz CT molecular complexity index is 404. The van der Waals surface area contributed by atoms with Crippen LogP contribution >= 0.6 is 11.6 Å². The highest BCUT2D eigenvalue weighted by Gasteiger charge is 2.37. The standard InChI is InChI=1S/C17H29ClN2/c1-6-17(5,20(8-3)9-4)16(19-7-2)14-11-10-12-15(18)13-14/h10-13,16,19H,6-9H2,1-5H3. The van der Waals surface area contributed by atoms with Crippen LogP contribution in [0.4, 0.5) is 0 Å². The number of hydrogen-bond acceptors (Lipinski definition) is 2. The highest BCUT2D eigenvalue weighted by molar-refractivity contribution is 6.30. The first-order chi connectivity index (χ1) is 9.53. The van der Waals surface area contributed by atoms with Gasteiger partial charge in [0.15, 0.2) is 0 Å². The Morgan fingerprint density at radius 1 is 1.20 bits per heavy atom. The molecule has 0 amide bonds. The predicted octanol–water partition coefficient (Wildman–Crippen LogP) is 4.50. The average Bonchev–Trinajstić information content (AvgIpc) is 2.45. The van der Waals surface area contributed by atoms with E-state index in [0.29, 0.717) is 0 Å². The van der Waals surface area contributed by atoms with E-state index in [4.69, 9.17) is 11.6 Å². The molecular formula is C17H29ClN2. The van der Waals surface area contributed by atoms with Crippen LogP contribution in [0.2, 0.25) is 5.02 Å². The normalized spacial score (nSPS) is 16.1. The van der Waals surface area contributed by atoms with Crippen LogP contribution in [0.1, 0.15) is 52.6 Å². The van der Waals surface area contributed by atoms with Gasteiger partial charge >= 0.3 is 0 Å². The number of likely N-dealkylation sites (N-methyl/N-ethyl adjacent to an activating group) is 2. The number of rotatable bonds is 8. The second-order valence-electron chi connectivity index (χ2n) is 5.43. The molecule has 114 valence electrons. The van der Waals surface area contributed by atoms with E-state index in [1.54, 1.807) is 0 Å². The summed E-state index contributed by atoms with van der Waals surface area (Å²) in [6.07, 6.45) is 1.10. The highest BCUT2D eigenvalue weighted by Crippen LogP contribution is 2.35. The first-order valence-electron chi connectivity index (χ1n) is 7.77. The second kappa shape index (κ2) is 8.02. The van der Waals surface area contributed by atoms with Gasteiger partial charge in [-0.2, -0.15) is 0 Å². The highest BCUT2D eigenvalue weighted by atomic mass is 35.5. The molecule has 1 rings (SSSR count). The fraction of sp³-hybridized carbons (Fsp3) is 0.647. The number of hydrogen-bond donors (Lipinski definition) is 1. The summed E-state index contributed by atoms with van der Waals surface area (Å²) < 4.78 is 0. The molecule has 0 aliphatic heterocycles. The summed E-state index contributed by atoms with van der Waals surface area (Å²) in [4.78, 5) is 2.54. The molecule has 1 aromatic rings. The molecule has 1 N–H and O–H groups in total. The molecule has 1 aromatic carbocycles. The van der Waals surface area contributed by atoms with Gasteiger partial charge in [0.25, 0.3) is 0 Å². The average molecular weight is 297 g/mol. The lowest BCUT2D eigenvalue weighted by molar-refractivity contribution is 0.0704. The first kappa shape index (κ1) is 17.5. The zero-order valence-corrected chi connectivity index (χ0v) is 14.3. The van der Waals surface area contributed by atoms with E-state index in [2.05, 4.69) is 57.0 Å². The number of halogens is 1. The third-order valence-corrected chi connectivity index (χ3v) is 4.65. The Hall–Kier alpha value is -0.570. The summed E-state index contributed by atoms with van der Waals surface area (Å²) in [6, 6.07) is 8.54. The summed E-state index contributed by atoms with van der Waals surface area (Å²) in [5, 5.41) is 4.48. The van der Waals surface area contributed by atoms with Crippen LogP contribution in [-0.2, 0) is 0 Å². The van der Waals surface area contributed by atoms with Gasteiger partial charge in [-0.05, 0) is 50.7 Å². The predicted molar refractivity (Wildman–Crippen MR) is 89.5 cm³/mol. The van der Waals surface area contributed by atoms with Crippen molar-refractivity contribution in [1.29, 1.82) is 0 Å². The van der Waals surface area contributed by atoms with E-state index < -0.39 is 0 Å². The first-order valence-corrected chi connectivity index (χ1v) is 8.15. The fourth-order valence-corrected chi connectivity index (χ4v) is 3.34. The van der Waals surface area contributed by atoms with Crippen molar-refractivity contribution < 1.29 is 0 Å². The van der Waals surface area contributed by atoms with Crippen LogP contribution in [0.15, 0.2) is 24.3 Å². The van der Waals surface area contributed by atoms with Crippen LogP contribution in [0, 0.1) is 0 Å². The summed E-state index contributed by atoms with van der Waals surface area (Å²) in [5.74, 6) is 0. The number of nitrogens with one attached hydrogen (secondary N) is 1. The van der Waals surface area contributed by atoms with Crippen molar-refractivity contribution in [1.82, 2.24) is 10.2 Å². The lowest BCUT2D eigenvalue weighted by Gasteiger charge is -2.46. The molecule has 0 bridgehead atoms. The molecule has 0 radical (unpaired) electrons. The van der Waals surface area contributed by atoms with E-state index >= 15 is 0 Å². The topological polar surface area (TPSA) is 15.3 Å². The maximum Gasteiger partial charge on any atom is 0.0504 e. The van der Waals surface area contributed by atoms with Gasteiger partial charge < -0.3 is 5.32 Å². The van der Waals surface area contributed by atoms with Crippen LogP contribution in [0.5, 0.6) is 0 Å². The Morgan fingerprint density at radius 3 is 2.30 bits per heavy atom. The van der Waals surface area contributed by atoms with Gasteiger partial charge in [-0.3, -0.25) is 4.90 Å². The summed E-state index contributed by atoms with van der Waals surface area (Å²) >= 11 is 6.19. The minimum absolute atomic E-state index is 0.0875. The molecule has 3 heteroatoms. The van der Waals surface area contributed by atoms with Crippen LogP contribution in [-0.4, -0.2) is 30.1 Å². The van der Waals surface area contributed by atoms with E-state index in [-0.39, 0.29) is 11.6 Å². The Labute approximate surface area is 129 Å². The Balaban J connectivity index is 3.21. The molecular weight excluding hydrogens is 268 g/mol. The zero-order valence-electron chi connectivity index (χ0n) is 13.5. The maximum atomic E-state index is 6.19. The van der Waals surface area contributed by atoms with Crippen molar-refractivity contribution in [3.05, 3.63) is 34.9 Å². The van der Waals surface area contributed by atoms with Gasteiger partial charge in [0, 0.05) is 10.6 Å². The van der Waals surface area contributed by atoms with Crippen molar-refractivity contribution in [2.45, 2.75) is 52.6 Å². The van der Waals surface area contributed by atoms with Gasteiger partial charge in [-0.25, -0.2) is 0 Å². The van der Waals surface area contributed by atoms with Crippen molar-refractivity contribution in [2.24, 2.45) is 0 Å². The van der Waals surface area contributed by atoms with E-state index in [9.17, 15) is 0 Å². The van der Waals surface area contributed by atoms with Gasteiger partial charge in [0.2, 0.25) is 0 Å². The molecule has 0 aliphatic carbocycles. The lowest BCUT2D eigenvalue weighted by Crippen LogP contribution is -2.54. The molecule has 0 heterocycles. The number of nitrogens with zero attached hydrogens (tertiary/aromatic N) is 1. The molecule has 2 unspecified atom stereocenters. The Morgan fingerprint density at radius 2 is 1.85 bits per heavy atom. The summed E-state index contributed by atoms with van der Waals surface area (Å²) in [5.41, 5.74) is 1.36. The molecule has 2 atom stereocenters. The fourth-order valence-electron chi connectivity index (χ4n) is 3.14. The number of benzene rings is 1. The SMILES string of the molecule is CCNC(c1cccc(Cl)c1)C(C)(CC)N(CC)CC. The van der Waals surface area contributed by atoms with E-state index in [1.807, 2.05) is 12.1 Å². The van der Waals surface area contributed by atoms with Gasteiger partial charge in [0.05, 0.1) is 6.04 Å². The largest absolute Gasteiger partial charge is 0.309 e. The molecule has 0 saturated heterocycles. The van der Waals surface area contributed by atoms with E-state index in [0.717, 1.165) is 31.1 Å². The Kier molecular flexibility index (Phi) is 7.01. The van der Waals surface area contributed by atoms with Gasteiger partial charge in [0.1, 0.15) is 0 Å². The van der Waals surface area contributed by atoms with Crippen molar-refractivity contribution >= 4 is 11.6 Å². The molecule has 0 spiro atoms. The molecule has 2 nitrogen and oxygen atoms in total. The van der Waals surface area contributed by atoms with E-state index in [1.165, 1.54) is 5.56 Å². The van der Waals surface area contributed by atoms with Gasteiger partial charge in [-0.1, -0.05) is 51.4 Å². The second-order valence-corrected chi connectivity index (χ2v) is 5.87. The quantitative estimate of drug-likeness (QED) is 0.760. The molecule has 0 aromatic heterocycles. The third kappa shape index (κ3) is 3.75. The lowest BCUT2D eigenvalue weighted by atomic mass is 9.82. The maximum absolute atomic E-state index is 6.19. The molecule has 0 saturated carbocycles. The van der Waals surface area contributed by atoms with Crippen molar-refractivity contribution in [2.75, 3.05) is 19.6 Å². The van der Waals surface area contributed by atoms with Crippen molar-refractivity contribution in [3.63, 3.8) is 0 Å². The van der Waals surface area contributed by atoms with Gasteiger partial charge in [-0.15, -0.1) is 0 Å². The molecule has 0 aliphatic rings. The monoisotopic (exact) mass is 296 g/mol. The zero-order chi connectivity index (χ0) is 15.2. The van der Waals surface area contributed by atoms with Crippen LogP contribution in [0.25, 0.3) is 0 Å². The smallest absolute Gasteiger partial charge is 0.0504 e.